The molecule has 0 aliphatic carbocycles. The van der Waals surface area contributed by atoms with Crippen LogP contribution in [0.25, 0.3) is 12.4 Å². The monoisotopic (exact) mass is 201 g/mol. The molecule has 1 aromatic carbocycles. The molecule has 3 nitrogen and oxygen atoms in total. The molecule has 0 amide bonds. The summed E-state index contributed by atoms with van der Waals surface area (Å²) in [6.45, 7) is 2.96. The lowest BCUT2D eigenvalue weighted by atomic mass is 10.1. The molecule has 2 heterocycles. The molecule has 3 heteroatoms. The maximum atomic E-state index is 5.80. The zero-order valence-electron chi connectivity index (χ0n) is 8.44. The van der Waals surface area contributed by atoms with E-state index in [0.29, 0.717) is 5.92 Å². The number of hydrogen-bond donors (Lipinski definition) is 1. The maximum absolute atomic E-state index is 5.80. The molecule has 0 saturated carbocycles. The molecule has 77 valence electrons. The molecule has 0 atom stereocenters. The van der Waals surface area contributed by atoms with Gasteiger partial charge >= 0.3 is 0 Å². The number of benzene rings is 1. The van der Waals surface area contributed by atoms with Crippen LogP contribution in [0.1, 0.15) is 0 Å². The van der Waals surface area contributed by atoms with Gasteiger partial charge in [-0.15, -0.1) is 0 Å². The van der Waals surface area contributed by atoms with Crippen molar-refractivity contribution in [3.63, 3.8) is 0 Å². The highest BCUT2D eigenvalue weighted by atomic mass is 16.5. The van der Waals surface area contributed by atoms with E-state index >= 15 is 0 Å². The molecule has 0 unspecified atom stereocenters. The third-order valence-corrected chi connectivity index (χ3v) is 2.86. The van der Waals surface area contributed by atoms with E-state index in [9.17, 15) is 0 Å². The van der Waals surface area contributed by atoms with Gasteiger partial charge in [-0.2, -0.15) is 0 Å². The van der Waals surface area contributed by atoms with Crippen LogP contribution in [0.4, 0.5) is 0 Å². The van der Waals surface area contributed by atoms with E-state index in [0.717, 1.165) is 35.9 Å². The summed E-state index contributed by atoms with van der Waals surface area (Å²) >= 11 is 0. The van der Waals surface area contributed by atoms with Gasteiger partial charge in [0, 0.05) is 41.8 Å². The first kappa shape index (κ1) is 8.80. The van der Waals surface area contributed by atoms with Crippen LogP contribution in [0, 0.1) is 5.92 Å². The van der Waals surface area contributed by atoms with Crippen LogP contribution >= 0.6 is 0 Å². The van der Waals surface area contributed by atoms with E-state index in [1.165, 1.54) is 0 Å². The predicted molar refractivity (Wildman–Crippen MR) is 58.6 cm³/mol. The second-order valence-corrected chi connectivity index (χ2v) is 4.00. The molecule has 0 spiro atoms. The lowest BCUT2D eigenvalue weighted by molar-refractivity contribution is 0.198. The SMILES string of the molecule is C1=c2cccc(OCC3CNC3)c2=C[N]1. The Bertz CT molecular complexity index is 477. The van der Waals surface area contributed by atoms with Crippen molar-refractivity contribution in [2.75, 3.05) is 19.7 Å². The van der Waals surface area contributed by atoms with Crippen molar-refractivity contribution in [1.29, 1.82) is 0 Å². The largest absolute Gasteiger partial charge is 0.492 e. The van der Waals surface area contributed by atoms with Crippen molar-refractivity contribution in [2.24, 2.45) is 5.92 Å². The summed E-state index contributed by atoms with van der Waals surface area (Å²) < 4.78 is 5.80. The zero-order valence-corrected chi connectivity index (χ0v) is 8.44. The summed E-state index contributed by atoms with van der Waals surface area (Å²) in [5.41, 5.74) is 0. The second-order valence-electron chi connectivity index (χ2n) is 4.00. The topological polar surface area (TPSA) is 35.4 Å². The van der Waals surface area contributed by atoms with Gasteiger partial charge in [-0.1, -0.05) is 12.1 Å². The summed E-state index contributed by atoms with van der Waals surface area (Å²) in [7, 11) is 0. The fourth-order valence-electron chi connectivity index (χ4n) is 1.80. The Hall–Kier alpha value is -1.48. The third-order valence-electron chi connectivity index (χ3n) is 2.86. The van der Waals surface area contributed by atoms with Crippen molar-refractivity contribution in [3.05, 3.63) is 28.6 Å². The van der Waals surface area contributed by atoms with E-state index in [2.05, 4.69) is 16.7 Å². The highest BCUT2D eigenvalue weighted by Gasteiger charge is 2.17. The van der Waals surface area contributed by atoms with Gasteiger partial charge in [-0.25, -0.2) is 0 Å². The molecular formula is C12H13N2O. The summed E-state index contributed by atoms with van der Waals surface area (Å²) in [4.78, 5) is 0. The van der Waals surface area contributed by atoms with Crippen LogP contribution in [-0.4, -0.2) is 19.7 Å². The van der Waals surface area contributed by atoms with Gasteiger partial charge in [-0.05, 0) is 6.07 Å². The lowest BCUT2D eigenvalue weighted by Gasteiger charge is -2.26. The Morgan fingerprint density at radius 1 is 1.33 bits per heavy atom. The van der Waals surface area contributed by atoms with Crippen LogP contribution in [0.2, 0.25) is 0 Å². The van der Waals surface area contributed by atoms with Crippen molar-refractivity contribution in [1.82, 2.24) is 10.6 Å². The van der Waals surface area contributed by atoms with E-state index in [4.69, 9.17) is 4.74 Å². The van der Waals surface area contributed by atoms with Crippen molar-refractivity contribution >= 4 is 12.4 Å². The van der Waals surface area contributed by atoms with Gasteiger partial charge in [0.1, 0.15) is 5.75 Å². The number of nitrogens with zero attached hydrogens (tertiary/aromatic N) is 1. The van der Waals surface area contributed by atoms with Crippen molar-refractivity contribution < 1.29 is 4.74 Å². The van der Waals surface area contributed by atoms with Crippen LogP contribution in [0.5, 0.6) is 5.75 Å². The Morgan fingerprint density at radius 2 is 2.27 bits per heavy atom. The van der Waals surface area contributed by atoms with Gasteiger partial charge in [0.2, 0.25) is 0 Å². The Morgan fingerprint density at radius 3 is 3.07 bits per heavy atom. The first-order valence-corrected chi connectivity index (χ1v) is 5.26. The number of fused-ring (bicyclic) bond motifs is 1. The Kier molecular flexibility index (Phi) is 2.10. The zero-order chi connectivity index (χ0) is 10.1. The summed E-state index contributed by atoms with van der Waals surface area (Å²) in [5.74, 6) is 1.63. The van der Waals surface area contributed by atoms with E-state index in [-0.39, 0.29) is 0 Å². The highest BCUT2D eigenvalue weighted by Crippen LogP contribution is 2.07. The van der Waals surface area contributed by atoms with Crippen molar-refractivity contribution in [3.8, 4) is 5.75 Å². The number of hydrogen-bond acceptors (Lipinski definition) is 2. The molecule has 1 radical (unpaired) electrons. The van der Waals surface area contributed by atoms with Crippen molar-refractivity contribution in [2.45, 2.75) is 0 Å². The minimum atomic E-state index is 0.670. The van der Waals surface area contributed by atoms with Gasteiger partial charge in [0.05, 0.1) is 6.61 Å². The van der Waals surface area contributed by atoms with Gasteiger partial charge in [-0.3, -0.25) is 5.32 Å². The predicted octanol–water partition coefficient (Wildman–Crippen LogP) is -0.621. The van der Waals surface area contributed by atoms with Crippen LogP contribution in [0.3, 0.4) is 0 Å². The first-order chi connectivity index (χ1) is 7.43. The fraction of sp³-hybridized carbons (Fsp3) is 0.333. The van der Waals surface area contributed by atoms with Gasteiger partial charge in [0.15, 0.2) is 0 Å². The number of rotatable bonds is 3. The number of nitrogens with one attached hydrogen (secondary N) is 1. The van der Waals surface area contributed by atoms with Crippen LogP contribution in [0.15, 0.2) is 18.2 Å². The summed E-state index contributed by atoms with van der Waals surface area (Å²) in [5, 5.41) is 9.64. The standard InChI is InChI=1S/C12H13N2O/c1-2-10-6-14-7-11(10)12(3-1)15-8-9-4-13-5-9/h1-3,6-7,9,13H,4-5,8H2. The summed E-state index contributed by atoms with van der Waals surface area (Å²) in [6, 6.07) is 6.08. The molecule has 1 saturated heterocycles. The van der Waals surface area contributed by atoms with Crippen LogP contribution in [-0.2, 0) is 0 Å². The lowest BCUT2D eigenvalue weighted by Crippen LogP contribution is -2.45. The first-order valence-electron chi connectivity index (χ1n) is 5.26. The Labute approximate surface area is 88.4 Å². The third kappa shape index (κ3) is 1.59. The average molecular weight is 201 g/mol. The summed E-state index contributed by atoms with van der Waals surface area (Å²) in [6.07, 6.45) is 3.73. The molecular weight excluding hydrogens is 188 g/mol. The van der Waals surface area contributed by atoms with Crippen LogP contribution < -0.4 is 25.8 Å². The molecule has 0 bridgehead atoms. The van der Waals surface area contributed by atoms with Gasteiger partial charge < -0.3 is 10.1 Å². The molecule has 2 aliphatic rings. The van der Waals surface area contributed by atoms with E-state index in [1.54, 1.807) is 0 Å². The normalized spacial score (nSPS) is 18.1. The molecule has 1 aromatic rings. The minimum Gasteiger partial charge on any atom is -0.492 e. The minimum absolute atomic E-state index is 0.670. The molecule has 2 aliphatic heterocycles. The average Bonchev–Trinajstić information content (AvgIpc) is 2.63. The quantitative estimate of drug-likeness (QED) is 0.707. The fourth-order valence-corrected chi connectivity index (χ4v) is 1.80. The van der Waals surface area contributed by atoms with Gasteiger partial charge in [0.25, 0.3) is 0 Å². The Balaban J connectivity index is 1.81. The highest BCUT2D eigenvalue weighted by molar-refractivity contribution is 5.47. The smallest absolute Gasteiger partial charge is 0.128 e. The molecule has 3 rings (SSSR count). The molecule has 1 N–H and O–H groups in total. The molecule has 15 heavy (non-hydrogen) atoms. The second kappa shape index (κ2) is 3.59. The number of ether oxygens (including phenoxy) is 1. The molecule has 0 aromatic heterocycles. The van der Waals surface area contributed by atoms with E-state index in [1.807, 2.05) is 24.5 Å². The van der Waals surface area contributed by atoms with E-state index < -0.39 is 0 Å². The molecule has 1 fully saturated rings. The maximum Gasteiger partial charge on any atom is 0.128 e.